The van der Waals surface area contributed by atoms with Gasteiger partial charge in [-0.1, -0.05) is 0 Å². The van der Waals surface area contributed by atoms with Crippen molar-refractivity contribution >= 4 is 17.3 Å². The molecular weight excluding hydrogens is 256 g/mol. The van der Waals surface area contributed by atoms with Crippen molar-refractivity contribution in [1.82, 2.24) is 9.55 Å². The number of hydrogen-bond acceptors (Lipinski definition) is 5. The first kappa shape index (κ1) is 13.9. The second-order valence-corrected chi connectivity index (χ2v) is 4.58. The molecule has 1 aromatic carbocycles. The van der Waals surface area contributed by atoms with Gasteiger partial charge in [-0.15, -0.1) is 0 Å². The highest BCUT2D eigenvalue weighted by Crippen LogP contribution is 2.24. The molecule has 6 heteroatoms. The lowest BCUT2D eigenvalue weighted by Crippen LogP contribution is -2.22. The minimum Gasteiger partial charge on any atom is -0.465 e. The minimum atomic E-state index is -0.404. The van der Waals surface area contributed by atoms with E-state index in [1.165, 1.54) is 7.11 Å². The molecule has 1 aromatic heterocycles. The molecule has 0 amide bonds. The number of aromatic nitrogens is 2. The lowest BCUT2D eigenvalue weighted by atomic mass is 10.1. The number of esters is 1. The van der Waals surface area contributed by atoms with Crippen LogP contribution in [-0.4, -0.2) is 29.7 Å². The number of nitrogens with zero attached hydrogens (tertiary/aromatic N) is 3. The number of benzene rings is 1. The molecule has 0 spiro atoms. The quantitative estimate of drug-likeness (QED) is 0.674. The van der Waals surface area contributed by atoms with Crippen LogP contribution in [-0.2, 0) is 18.3 Å². The zero-order valence-corrected chi connectivity index (χ0v) is 11.8. The van der Waals surface area contributed by atoms with Gasteiger partial charge in [0.05, 0.1) is 24.9 Å². The van der Waals surface area contributed by atoms with Gasteiger partial charge in [0, 0.05) is 32.2 Å². The molecule has 2 aromatic rings. The average Bonchev–Trinajstić information content (AvgIpc) is 2.83. The summed E-state index contributed by atoms with van der Waals surface area (Å²) in [6.45, 7) is 0.581. The SMILES string of the molecule is COC(=O)c1cc(N)ccc1N(C)Cc1nccn1C. The number of imidazole rings is 1. The Kier molecular flexibility index (Phi) is 3.93. The maximum atomic E-state index is 11.8. The summed E-state index contributed by atoms with van der Waals surface area (Å²) in [4.78, 5) is 18.0. The summed E-state index contributed by atoms with van der Waals surface area (Å²) in [5, 5.41) is 0. The zero-order chi connectivity index (χ0) is 14.7. The fourth-order valence-electron chi connectivity index (χ4n) is 2.01. The molecule has 106 valence electrons. The first-order chi connectivity index (χ1) is 9.52. The van der Waals surface area contributed by atoms with Crippen molar-refractivity contribution in [2.24, 2.45) is 7.05 Å². The molecule has 0 fully saturated rings. The standard InChI is InChI=1S/C14H18N4O2/c1-17-7-6-16-13(17)9-18(2)12-5-4-10(15)8-11(12)14(19)20-3/h4-8H,9,15H2,1-3H3. The Balaban J connectivity index is 2.32. The number of aryl methyl sites for hydroxylation is 1. The van der Waals surface area contributed by atoms with E-state index in [0.717, 1.165) is 11.5 Å². The highest BCUT2D eigenvalue weighted by Gasteiger charge is 2.16. The van der Waals surface area contributed by atoms with Gasteiger partial charge in [-0.05, 0) is 18.2 Å². The summed E-state index contributed by atoms with van der Waals surface area (Å²) >= 11 is 0. The average molecular weight is 274 g/mol. The summed E-state index contributed by atoms with van der Waals surface area (Å²) in [5.41, 5.74) is 7.47. The molecule has 0 saturated heterocycles. The van der Waals surface area contributed by atoms with Crippen LogP contribution in [0.2, 0.25) is 0 Å². The van der Waals surface area contributed by atoms with Crippen LogP contribution in [0, 0.1) is 0 Å². The number of anilines is 2. The van der Waals surface area contributed by atoms with Gasteiger partial charge in [-0.2, -0.15) is 0 Å². The number of methoxy groups -OCH3 is 1. The monoisotopic (exact) mass is 274 g/mol. The first-order valence-electron chi connectivity index (χ1n) is 6.18. The van der Waals surface area contributed by atoms with Crippen LogP contribution in [0.3, 0.4) is 0 Å². The number of carbonyl (C=O) groups is 1. The third-order valence-electron chi connectivity index (χ3n) is 3.14. The molecule has 20 heavy (non-hydrogen) atoms. The van der Waals surface area contributed by atoms with Gasteiger partial charge in [-0.25, -0.2) is 9.78 Å². The van der Waals surface area contributed by atoms with E-state index < -0.39 is 5.97 Å². The van der Waals surface area contributed by atoms with Crippen molar-refractivity contribution in [3.8, 4) is 0 Å². The number of ether oxygens (including phenoxy) is 1. The zero-order valence-electron chi connectivity index (χ0n) is 11.8. The number of nitrogens with two attached hydrogens (primary N) is 1. The third-order valence-corrected chi connectivity index (χ3v) is 3.14. The smallest absolute Gasteiger partial charge is 0.340 e. The van der Waals surface area contributed by atoms with Crippen LogP contribution in [0.1, 0.15) is 16.2 Å². The maximum Gasteiger partial charge on any atom is 0.340 e. The summed E-state index contributed by atoms with van der Waals surface area (Å²) in [6.07, 6.45) is 3.63. The van der Waals surface area contributed by atoms with Crippen molar-refractivity contribution in [1.29, 1.82) is 0 Å². The number of hydrogen-bond donors (Lipinski definition) is 1. The van der Waals surface area contributed by atoms with Crippen LogP contribution in [0.4, 0.5) is 11.4 Å². The molecule has 0 saturated carbocycles. The van der Waals surface area contributed by atoms with Crippen LogP contribution in [0.15, 0.2) is 30.6 Å². The third kappa shape index (κ3) is 2.74. The van der Waals surface area contributed by atoms with E-state index >= 15 is 0 Å². The van der Waals surface area contributed by atoms with E-state index in [1.807, 2.05) is 35.8 Å². The summed E-state index contributed by atoms with van der Waals surface area (Å²) in [6, 6.07) is 5.19. The molecule has 0 aliphatic carbocycles. The van der Waals surface area contributed by atoms with Crippen molar-refractivity contribution < 1.29 is 9.53 Å². The van der Waals surface area contributed by atoms with Gasteiger partial charge < -0.3 is 19.9 Å². The summed E-state index contributed by atoms with van der Waals surface area (Å²) < 4.78 is 6.74. The highest BCUT2D eigenvalue weighted by atomic mass is 16.5. The maximum absolute atomic E-state index is 11.8. The molecule has 0 radical (unpaired) electrons. The van der Waals surface area contributed by atoms with Crippen molar-refractivity contribution in [3.63, 3.8) is 0 Å². The van der Waals surface area contributed by atoms with Crippen molar-refractivity contribution in [3.05, 3.63) is 42.0 Å². The fraction of sp³-hybridized carbons (Fsp3) is 0.286. The fourth-order valence-corrected chi connectivity index (χ4v) is 2.01. The number of carbonyl (C=O) groups excluding carboxylic acids is 1. The lowest BCUT2D eigenvalue weighted by Gasteiger charge is -2.21. The molecule has 1 heterocycles. The second-order valence-electron chi connectivity index (χ2n) is 4.58. The molecule has 0 aliphatic rings. The Hall–Kier alpha value is -2.50. The predicted molar refractivity (Wildman–Crippen MR) is 77.5 cm³/mol. The Morgan fingerprint density at radius 2 is 2.25 bits per heavy atom. The Morgan fingerprint density at radius 3 is 2.85 bits per heavy atom. The second kappa shape index (κ2) is 5.64. The van der Waals surface area contributed by atoms with Crippen LogP contribution in [0.5, 0.6) is 0 Å². The molecule has 0 aliphatic heterocycles. The molecule has 0 bridgehead atoms. The highest BCUT2D eigenvalue weighted by molar-refractivity contribution is 5.96. The van der Waals surface area contributed by atoms with E-state index in [-0.39, 0.29) is 0 Å². The Morgan fingerprint density at radius 1 is 1.50 bits per heavy atom. The van der Waals surface area contributed by atoms with E-state index in [1.54, 1.807) is 18.3 Å². The van der Waals surface area contributed by atoms with E-state index in [0.29, 0.717) is 17.8 Å². The van der Waals surface area contributed by atoms with Gasteiger partial charge in [0.25, 0.3) is 0 Å². The largest absolute Gasteiger partial charge is 0.465 e. The Bertz CT molecular complexity index is 621. The Labute approximate surface area is 117 Å². The predicted octanol–water partition coefficient (Wildman–Crippen LogP) is 1.43. The lowest BCUT2D eigenvalue weighted by molar-refractivity contribution is 0.0601. The summed E-state index contributed by atoms with van der Waals surface area (Å²) in [7, 11) is 5.18. The van der Waals surface area contributed by atoms with Gasteiger partial charge in [-0.3, -0.25) is 0 Å². The van der Waals surface area contributed by atoms with Gasteiger partial charge in [0.2, 0.25) is 0 Å². The number of rotatable bonds is 4. The minimum absolute atomic E-state index is 0.404. The molecule has 2 rings (SSSR count). The van der Waals surface area contributed by atoms with Gasteiger partial charge in [0.1, 0.15) is 5.82 Å². The first-order valence-corrected chi connectivity index (χ1v) is 6.18. The molecular formula is C14H18N4O2. The molecule has 6 nitrogen and oxygen atoms in total. The van der Waals surface area contributed by atoms with Crippen molar-refractivity contribution in [2.45, 2.75) is 6.54 Å². The molecule has 0 unspecified atom stereocenters. The normalized spacial score (nSPS) is 10.3. The van der Waals surface area contributed by atoms with Crippen molar-refractivity contribution in [2.75, 3.05) is 24.8 Å². The molecule has 2 N–H and O–H groups in total. The van der Waals surface area contributed by atoms with E-state index in [9.17, 15) is 4.79 Å². The van der Waals surface area contributed by atoms with E-state index in [4.69, 9.17) is 10.5 Å². The topological polar surface area (TPSA) is 73.4 Å². The van der Waals surface area contributed by atoms with Crippen LogP contribution in [0.25, 0.3) is 0 Å². The molecule has 0 atom stereocenters. The summed E-state index contributed by atoms with van der Waals surface area (Å²) in [5.74, 6) is 0.499. The van der Waals surface area contributed by atoms with Gasteiger partial charge in [0.15, 0.2) is 0 Å². The number of nitrogen functional groups attached to an aromatic ring is 1. The van der Waals surface area contributed by atoms with Crippen LogP contribution >= 0.6 is 0 Å². The van der Waals surface area contributed by atoms with E-state index in [2.05, 4.69) is 4.98 Å². The van der Waals surface area contributed by atoms with Crippen LogP contribution < -0.4 is 10.6 Å². The van der Waals surface area contributed by atoms with Gasteiger partial charge >= 0.3 is 5.97 Å².